The molecule has 18 heavy (non-hydrogen) atoms. The van der Waals surface area contributed by atoms with E-state index in [1.807, 2.05) is 0 Å². The summed E-state index contributed by atoms with van der Waals surface area (Å²) in [4.78, 5) is 1.68. The maximum atomic E-state index is 5.61. The van der Waals surface area contributed by atoms with E-state index >= 15 is 0 Å². The predicted octanol–water partition coefficient (Wildman–Crippen LogP) is -0.461. The van der Waals surface area contributed by atoms with Crippen LogP contribution in [-0.4, -0.2) is 36.8 Å². The number of piperidine rings is 3. The molecular formula is C14H22N3S+. The minimum atomic E-state index is 0.515. The van der Waals surface area contributed by atoms with Crippen LogP contribution in [0.2, 0.25) is 0 Å². The second kappa shape index (κ2) is 5.07. The van der Waals surface area contributed by atoms with Gasteiger partial charge in [0.15, 0.2) is 5.11 Å². The van der Waals surface area contributed by atoms with Gasteiger partial charge in [0.2, 0.25) is 0 Å². The standard InChI is InChI=1S/C14H21N3S/c1-2-10-9-17-6-5-11(10)7-13(17)8-15-14(18)16-12-3-4-12/h1,10-13H,3-9H2,(H2,15,16,18)/p+1/t10-,11-,13+/m0/s1. The fourth-order valence-corrected chi connectivity index (χ4v) is 3.66. The Kier molecular flexibility index (Phi) is 3.45. The van der Waals surface area contributed by atoms with Gasteiger partial charge in [0.25, 0.3) is 0 Å². The van der Waals surface area contributed by atoms with Gasteiger partial charge in [-0.3, -0.25) is 0 Å². The smallest absolute Gasteiger partial charge is 0.166 e. The zero-order chi connectivity index (χ0) is 12.5. The van der Waals surface area contributed by atoms with Crippen LogP contribution in [0.25, 0.3) is 0 Å². The number of thiocarbonyl (C=S) groups is 1. The third-order valence-electron chi connectivity index (χ3n) is 4.69. The molecular weight excluding hydrogens is 242 g/mol. The van der Waals surface area contributed by atoms with Crippen LogP contribution in [0.5, 0.6) is 0 Å². The van der Waals surface area contributed by atoms with Crippen molar-refractivity contribution in [2.75, 3.05) is 19.6 Å². The summed E-state index contributed by atoms with van der Waals surface area (Å²) in [5.41, 5.74) is 0. The van der Waals surface area contributed by atoms with E-state index in [4.69, 9.17) is 18.6 Å². The highest BCUT2D eigenvalue weighted by molar-refractivity contribution is 7.80. The summed E-state index contributed by atoms with van der Waals surface area (Å²) >= 11 is 5.31. The third kappa shape index (κ3) is 2.62. The number of hydrogen-bond acceptors (Lipinski definition) is 1. The normalized spacial score (nSPS) is 37.9. The Morgan fingerprint density at radius 2 is 2.22 bits per heavy atom. The van der Waals surface area contributed by atoms with Crippen LogP contribution in [0.1, 0.15) is 25.7 Å². The van der Waals surface area contributed by atoms with Crippen LogP contribution in [-0.2, 0) is 0 Å². The van der Waals surface area contributed by atoms with Crippen LogP contribution in [0.15, 0.2) is 0 Å². The second-order valence-electron chi connectivity index (χ2n) is 6.00. The maximum Gasteiger partial charge on any atom is 0.166 e. The molecule has 4 aliphatic rings. The van der Waals surface area contributed by atoms with Crippen molar-refractivity contribution in [1.82, 2.24) is 10.6 Å². The molecule has 4 rings (SSSR count). The average Bonchev–Trinajstić information content (AvgIpc) is 3.21. The molecule has 0 aromatic carbocycles. The predicted molar refractivity (Wildman–Crippen MR) is 76.3 cm³/mol. The molecule has 3 nitrogen and oxygen atoms in total. The maximum absolute atomic E-state index is 5.61. The molecule has 3 saturated heterocycles. The topological polar surface area (TPSA) is 28.5 Å². The molecule has 0 radical (unpaired) electrons. The van der Waals surface area contributed by atoms with Crippen molar-refractivity contribution in [3.8, 4) is 12.3 Å². The van der Waals surface area contributed by atoms with Crippen LogP contribution in [0.3, 0.4) is 0 Å². The lowest BCUT2D eigenvalue weighted by Crippen LogP contribution is -3.20. The molecule has 4 heteroatoms. The molecule has 98 valence electrons. The summed E-state index contributed by atoms with van der Waals surface area (Å²) in [5, 5.41) is 7.57. The van der Waals surface area contributed by atoms with E-state index in [2.05, 4.69) is 16.6 Å². The lowest BCUT2D eigenvalue weighted by molar-refractivity contribution is -0.943. The average molecular weight is 264 g/mol. The Morgan fingerprint density at radius 1 is 1.39 bits per heavy atom. The van der Waals surface area contributed by atoms with E-state index in [-0.39, 0.29) is 0 Å². The zero-order valence-corrected chi connectivity index (χ0v) is 11.6. The summed E-state index contributed by atoms with van der Waals surface area (Å²) in [5.74, 6) is 4.25. The van der Waals surface area contributed by atoms with Crippen molar-refractivity contribution in [2.45, 2.75) is 37.8 Å². The quantitative estimate of drug-likeness (QED) is 0.476. The monoisotopic (exact) mass is 264 g/mol. The van der Waals surface area contributed by atoms with Crippen molar-refractivity contribution in [1.29, 1.82) is 0 Å². The number of terminal acetylenes is 1. The second-order valence-corrected chi connectivity index (χ2v) is 6.40. The van der Waals surface area contributed by atoms with Gasteiger partial charge in [-0.1, -0.05) is 5.92 Å². The van der Waals surface area contributed by atoms with Gasteiger partial charge in [-0.25, -0.2) is 0 Å². The van der Waals surface area contributed by atoms with Crippen molar-refractivity contribution in [2.24, 2.45) is 11.8 Å². The van der Waals surface area contributed by atoms with Gasteiger partial charge in [0, 0.05) is 18.9 Å². The highest BCUT2D eigenvalue weighted by atomic mass is 32.1. The largest absolute Gasteiger partial charge is 0.360 e. The van der Waals surface area contributed by atoms with Gasteiger partial charge >= 0.3 is 0 Å². The lowest BCUT2D eigenvalue weighted by Gasteiger charge is -2.45. The Balaban J connectivity index is 1.46. The zero-order valence-electron chi connectivity index (χ0n) is 10.7. The van der Waals surface area contributed by atoms with Crippen molar-refractivity contribution < 1.29 is 4.90 Å². The minimum absolute atomic E-state index is 0.515. The Morgan fingerprint density at radius 3 is 2.83 bits per heavy atom. The number of rotatable bonds is 3. The summed E-state index contributed by atoms with van der Waals surface area (Å²) in [6.07, 6.45) is 10.7. The molecule has 0 aromatic heterocycles. The molecule has 2 bridgehead atoms. The molecule has 0 aromatic rings. The molecule has 0 amide bonds. The van der Waals surface area contributed by atoms with Crippen molar-refractivity contribution in [3.05, 3.63) is 0 Å². The summed E-state index contributed by atoms with van der Waals surface area (Å²) in [7, 11) is 0. The summed E-state index contributed by atoms with van der Waals surface area (Å²) in [6.45, 7) is 3.45. The molecule has 4 atom stereocenters. The highest BCUT2D eigenvalue weighted by Crippen LogP contribution is 2.26. The molecule has 3 N–H and O–H groups in total. The van der Waals surface area contributed by atoms with E-state index in [9.17, 15) is 0 Å². The van der Waals surface area contributed by atoms with Crippen LogP contribution in [0.4, 0.5) is 0 Å². The fraction of sp³-hybridized carbons (Fsp3) is 0.786. The fourth-order valence-electron chi connectivity index (χ4n) is 3.41. The molecule has 4 fully saturated rings. The Labute approximate surface area is 115 Å². The van der Waals surface area contributed by atoms with Crippen LogP contribution in [0, 0.1) is 24.2 Å². The minimum Gasteiger partial charge on any atom is -0.360 e. The Hall–Kier alpha value is -0.790. The van der Waals surface area contributed by atoms with Gasteiger partial charge in [0.1, 0.15) is 6.04 Å². The first kappa shape index (κ1) is 12.3. The summed E-state index contributed by atoms with van der Waals surface area (Å²) < 4.78 is 0. The van der Waals surface area contributed by atoms with E-state index in [0.717, 1.165) is 24.1 Å². The van der Waals surface area contributed by atoms with Gasteiger partial charge in [0.05, 0.1) is 25.6 Å². The molecule has 0 spiro atoms. The molecule has 1 saturated carbocycles. The summed E-state index contributed by atoms with van der Waals surface area (Å²) in [6, 6.07) is 1.35. The first-order chi connectivity index (χ1) is 8.76. The van der Waals surface area contributed by atoms with E-state index < -0.39 is 0 Å². The van der Waals surface area contributed by atoms with Gasteiger partial charge < -0.3 is 15.5 Å². The number of nitrogens with one attached hydrogen (secondary N) is 3. The van der Waals surface area contributed by atoms with Gasteiger partial charge in [-0.2, -0.15) is 0 Å². The van der Waals surface area contributed by atoms with E-state index in [0.29, 0.717) is 18.0 Å². The van der Waals surface area contributed by atoms with E-state index in [1.165, 1.54) is 32.2 Å². The highest BCUT2D eigenvalue weighted by Gasteiger charge is 2.42. The molecule has 3 aliphatic heterocycles. The lowest BCUT2D eigenvalue weighted by atomic mass is 9.76. The number of fused-ring (bicyclic) bond motifs is 3. The third-order valence-corrected chi connectivity index (χ3v) is 4.95. The van der Waals surface area contributed by atoms with Crippen molar-refractivity contribution in [3.63, 3.8) is 0 Å². The first-order valence-corrected chi connectivity index (χ1v) is 7.52. The van der Waals surface area contributed by atoms with Crippen molar-refractivity contribution >= 4 is 17.3 Å². The molecule has 1 aliphatic carbocycles. The first-order valence-electron chi connectivity index (χ1n) is 7.11. The Bertz CT molecular complexity index is 372. The number of quaternary nitrogens is 1. The molecule has 1 unspecified atom stereocenters. The SMILES string of the molecule is C#C[C@H]1C[NH+]2CC[C@H]1C[C@@H]2CNC(=S)NC1CC1. The molecule has 3 heterocycles. The van der Waals surface area contributed by atoms with Crippen LogP contribution < -0.4 is 15.5 Å². The van der Waals surface area contributed by atoms with Gasteiger partial charge in [-0.05, 0) is 31.0 Å². The van der Waals surface area contributed by atoms with Gasteiger partial charge in [-0.15, -0.1) is 6.42 Å². The number of hydrogen-bond donors (Lipinski definition) is 3. The van der Waals surface area contributed by atoms with E-state index in [1.54, 1.807) is 4.90 Å². The van der Waals surface area contributed by atoms with Crippen LogP contribution >= 0.6 is 12.2 Å².